The number of pyridine rings is 1. The summed E-state index contributed by atoms with van der Waals surface area (Å²) in [6, 6.07) is 7.72. The minimum absolute atomic E-state index is 0.139. The zero-order valence-corrected chi connectivity index (χ0v) is 17.5. The predicted octanol–water partition coefficient (Wildman–Crippen LogP) is 3.36. The maximum absolute atomic E-state index is 13.2. The van der Waals surface area contributed by atoms with E-state index in [0.29, 0.717) is 29.9 Å². The predicted molar refractivity (Wildman–Crippen MR) is 118 cm³/mol. The number of rotatable bonds is 3. The Bertz CT molecular complexity index is 1150. The third-order valence-electron chi connectivity index (χ3n) is 6.35. The van der Waals surface area contributed by atoms with E-state index in [1.165, 1.54) is 6.20 Å². The van der Waals surface area contributed by atoms with Crippen molar-refractivity contribution in [2.75, 3.05) is 17.6 Å². The maximum atomic E-state index is 13.2. The molecule has 5 rings (SSSR count). The van der Waals surface area contributed by atoms with Crippen LogP contribution in [0.5, 0.6) is 0 Å². The number of fused-ring (bicyclic) bond motifs is 1. The van der Waals surface area contributed by atoms with Crippen LogP contribution in [0, 0.1) is 5.92 Å². The number of carbonyl (C=O) groups excluding carboxylic acids is 2. The van der Waals surface area contributed by atoms with E-state index in [-0.39, 0.29) is 6.04 Å². The Morgan fingerprint density at radius 3 is 2.81 bits per heavy atom. The summed E-state index contributed by atoms with van der Waals surface area (Å²) in [7, 11) is 0. The van der Waals surface area contributed by atoms with Crippen molar-refractivity contribution in [1.82, 2.24) is 20.1 Å². The SMILES string of the molecule is C[C@H]1CC[C@H](c2ccc3[nH]ncc3c2)N(C(=O)C(=O)Nc2cnc(N)c(C3CC3)c2)C1. The summed E-state index contributed by atoms with van der Waals surface area (Å²) in [5.74, 6) is 0.0763. The topological polar surface area (TPSA) is 117 Å². The van der Waals surface area contributed by atoms with E-state index in [0.717, 1.165) is 47.7 Å². The normalized spacial score (nSPS) is 21.3. The molecule has 1 aliphatic carbocycles. The third kappa shape index (κ3) is 3.85. The van der Waals surface area contributed by atoms with Crippen LogP contribution in [0.1, 0.15) is 55.7 Å². The van der Waals surface area contributed by atoms with Gasteiger partial charge in [-0.15, -0.1) is 0 Å². The molecule has 31 heavy (non-hydrogen) atoms. The largest absolute Gasteiger partial charge is 0.383 e. The van der Waals surface area contributed by atoms with Crippen LogP contribution in [0.15, 0.2) is 36.7 Å². The third-order valence-corrected chi connectivity index (χ3v) is 6.35. The molecule has 8 heteroatoms. The number of anilines is 2. The molecule has 3 heterocycles. The number of nitrogens with one attached hydrogen (secondary N) is 2. The zero-order chi connectivity index (χ0) is 21.5. The number of hydrogen-bond acceptors (Lipinski definition) is 5. The first-order chi connectivity index (χ1) is 15.0. The van der Waals surface area contributed by atoms with E-state index in [1.54, 1.807) is 11.1 Å². The molecule has 4 N–H and O–H groups in total. The number of H-pyrrole nitrogens is 1. The summed E-state index contributed by atoms with van der Waals surface area (Å²) in [5.41, 5.74) is 9.39. The lowest BCUT2D eigenvalue weighted by molar-refractivity contribution is -0.146. The van der Waals surface area contributed by atoms with E-state index < -0.39 is 11.8 Å². The van der Waals surface area contributed by atoms with Crippen LogP contribution in [0.2, 0.25) is 0 Å². The molecule has 8 nitrogen and oxygen atoms in total. The minimum Gasteiger partial charge on any atom is -0.383 e. The molecule has 0 spiro atoms. The summed E-state index contributed by atoms with van der Waals surface area (Å²) in [6.45, 7) is 2.66. The first kappa shape index (κ1) is 19.5. The maximum Gasteiger partial charge on any atom is 0.313 e. The van der Waals surface area contributed by atoms with Crippen LogP contribution in [-0.2, 0) is 9.59 Å². The van der Waals surface area contributed by atoms with E-state index >= 15 is 0 Å². The Morgan fingerprint density at radius 2 is 2.00 bits per heavy atom. The summed E-state index contributed by atoms with van der Waals surface area (Å²) in [6.07, 6.45) is 7.27. The summed E-state index contributed by atoms with van der Waals surface area (Å²) >= 11 is 0. The Balaban J connectivity index is 1.37. The first-order valence-electron chi connectivity index (χ1n) is 10.8. The Hall–Kier alpha value is -3.42. The summed E-state index contributed by atoms with van der Waals surface area (Å²) < 4.78 is 0. The van der Waals surface area contributed by atoms with Gasteiger partial charge in [-0.2, -0.15) is 5.10 Å². The number of nitrogens with two attached hydrogens (primary N) is 1. The van der Waals surface area contributed by atoms with E-state index in [1.807, 2.05) is 24.3 Å². The molecule has 1 aliphatic heterocycles. The molecular weight excluding hydrogens is 392 g/mol. The van der Waals surface area contributed by atoms with Gasteiger partial charge >= 0.3 is 11.8 Å². The molecule has 1 saturated carbocycles. The van der Waals surface area contributed by atoms with Crippen molar-refractivity contribution < 1.29 is 9.59 Å². The van der Waals surface area contributed by atoms with E-state index in [2.05, 4.69) is 27.4 Å². The van der Waals surface area contributed by atoms with Gasteiger partial charge in [0.25, 0.3) is 0 Å². The second-order valence-corrected chi connectivity index (χ2v) is 8.80. The highest BCUT2D eigenvalue weighted by atomic mass is 16.2. The summed E-state index contributed by atoms with van der Waals surface area (Å²) in [5, 5.41) is 10.8. The fraction of sp³-hybridized carbons (Fsp3) is 0.391. The van der Waals surface area contributed by atoms with Gasteiger partial charge in [-0.3, -0.25) is 14.7 Å². The van der Waals surface area contributed by atoms with Crippen molar-refractivity contribution >= 4 is 34.2 Å². The molecule has 0 radical (unpaired) electrons. The fourth-order valence-electron chi connectivity index (χ4n) is 4.49. The standard InChI is InChI=1S/C23H26N6O2/c1-13-2-7-20(15-5-6-19-16(8-15)10-26-28-19)29(12-13)23(31)22(30)27-17-9-18(14-3-4-14)21(24)25-11-17/h5-6,8-11,13-14,20H,2-4,7,12H2,1H3,(H2,24,25)(H,26,28)(H,27,30)/t13-,20+/m0/s1. The highest BCUT2D eigenvalue weighted by Gasteiger charge is 2.34. The molecule has 2 atom stereocenters. The van der Waals surface area contributed by atoms with Gasteiger partial charge in [0.2, 0.25) is 0 Å². The van der Waals surface area contributed by atoms with Crippen LogP contribution in [0.25, 0.3) is 10.9 Å². The smallest absolute Gasteiger partial charge is 0.313 e. The molecule has 2 aromatic heterocycles. The molecule has 2 fully saturated rings. The molecular formula is C23H26N6O2. The molecule has 0 bridgehead atoms. The van der Waals surface area contributed by atoms with Crippen molar-refractivity contribution in [1.29, 1.82) is 0 Å². The van der Waals surface area contributed by atoms with E-state index in [4.69, 9.17) is 5.73 Å². The second-order valence-electron chi connectivity index (χ2n) is 8.80. The monoisotopic (exact) mass is 418 g/mol. The number of benzene rings is 1. The average molecular weight is 419 g/mol. The van der Waals surface area contributed by atoms with Gasteiger partial charge < -0.3 is 16.0 Å². The molecule has 2 amide bonds. The summed E-state index contributed by atoms with van der Waals surface area (Å²) in [4.78, 5) is 32.0. The number of likely N-dealkylation sites (tertiary alicyclic amines) is 1. The highest BCUT2D eigenvalue weighted by Crippen LogP contribution is 2.43. The van der Waals surface area contributed by atoms with Crippen molar-refractivity contribution in [3.63, 3.8) is 0 Å². The number of amides is 2. The highest BCUT2D eigenvalue weighted by molar-refractivity contribution is 6.39. The van der Waals surface area contributed by atoms with Gasteiger partial charge in [0.1, 0.15) is 5.82 Å². The van der Waals surface area contributed by atoms with Gasteiger partial charge in [0, 0.05) is 11.9 Å². The quantitative estimate of drug-likeness (QED) is 0.564. The van der Waals surface area contributed by atoms with Gasteiger partial charge in [-0.05, 0) is 66.8 Å². The number of piperidine rings is 1. The molecule has 1 saturated heterocycles. The van der Waals surface area contributed by atoms with Crippen molar-refractivity contribution in [2.45, 2.75) is 44.6 Å². The number of nitrogens with zero attached hydrogens (tertiary/aromatic N) is 3. The van der Waals surface area contributed by atoms with Gasteiger partial charge in [0.15, 0.2) is 0 Å². The van der Waals surface area contributed by atoms with Gasteiger partial charge in [-0.25, -0.2) is 4.98 Å². The molecule has 0 unspecified atom stereocenters. The number of hydrogen-bond donors (Lipinski definition) is 3. The van der Waals surface area contributed by atoms with Gasteiger partial charge in [-0.1, -0.05) is 13.0 Å². The Labute approximate surface area is 180 Å². The van der Waals surface area contributed by atoms with E-state index in [9.17, 15) is 9.59 Å². The van der Waals surface area contributed by atoms with Crippen molar-refractivity contribution in [3.05, 3.63) is 47.8 Å². The fourth-order valence-corrected chi connectivity index (χ4v) is 4.49. The number of aromatic nitrogens is 3. The molecule has 3 aromatic rings. The molecule has 1 aromatic carbocycles. The first-order valence-corrected chi connectivity index (χ1v) is 10.8. The van der Waals surface area contributed by atoms with Gasteiger partial charge in [0.05, 0.1) is 29.6 Å². The van der Waals surface area contributed by atoms with Crippen LogP contribution in [0.3, 0.4) is 0 Å². The van der Waals surface area contributed by atoms with Crippen LogP contribution >= 0.6 is 0 Å². The number of aromatic amines is 1. The van der Waals surface area contributed by atoms with Crippen LogP contribution in [-0.4, -0.2) is 38.4 Å². The lowest BCUT2D eigenvalue weighted by atomic mass is 9.89. The molecule has 160 valence electrons. The average Bonchev–Trinajstić information content (AvgIpc) is 3.50. The van der Waals surface area contributed by atoms with Crippen molar-refractivity contribution in [3.8, 4) is 0 Å². The van der Waals surface area contributed by atoms with Crippen LogP contribution in [0.4, 0.5) is 11.5 Å². The molecule has 2 aliphatic rings. The second kappa shape index (κ2) is 7.68. The van der Waals surface area contributed by atoms with Crippen molar-refractivity contribution in [2.24, 2.45) is 5.92 Å². The number of carbonyl (C=O) groups is 2. The lowest BCUT2D eigenvalue weighted by Crippen LogP contribution is -2.46. The zero-order valence-electron chi connectivity index (χ0n) is 17.5. The Kier molecular flexibility index (Phi) is 4.84. The Morgan fingerprint density at radius 1 is 1.16 bits per heavy atom. The van der Waals surface area contributed by atoms with Crippen LogP contribution < -0.4 is 11.1 Å². The lowest BCUT2D eigenvalue weighted by Gasteiger charge is -2.38. The number of nitrogen functional groups attached to an aromatic ring is 1. The minimum atomic E-state index is -0.642.